The minimum atomic E-state index is -0.684. The van der Waals surface area contributed by atoms with Gasteiger partial charge in [0, 0.05) is 38.1 Å². The summed E-state index contributed by atoms with van der Waals surface area (Å²) in [6.07, 6.45) is 3.95. The number of aryl methyl sites for hydroxylation is 1. The molecule has 1 saturated heterocycles. The van der Waals surface area contributed by atoms with Gasteiger partial charge in [0.25, 0.3) is 0 Å². The summed E-state index contributed by atoms with van der Waals surface area (Å²) in [5, 5.41) is 5.87. The van der Waals surface area contributed by atoms with Gasteiger partial charge in [-0.2, -0.15) is 0 Å². The third-order valence-corrected chi connectivity index (χ3v) is 5.08. The zero-order valence-electron chi connectivity index (χ0n) is 18.5. The first-order valence-electron chi connectivity index (χ1n) is 10.1. The Bertz CT molecular complexity index is 709. The smallest absolute Gasteiger partial charge is 0.408 e. The fourth-order valence-corrected chi connectivity index (χ4v) is 3.66. The van der Waals surface area contributed by atoms with Gasteiger partial charge < -0.3 is 30.6 Å². The average molecular weight is 409 g/mol. The van der Waals surface area contributed by atoms with Crippen molar-refractivity contribution >= 4 is 17.9 Å². The number of ether oxygens (including phenoxy) is 1. The van der Waals surface area contributed by atoms with Crippen LogP contribution in [0.2, 0.25) is 0 Å². The molecule has 1 aromatic rings. The van der Waals surface area contributed by atoms with Crippen LogP contribution in [-0.2, 0) is 16.1 Å². The van der Waals surface area contributed by atoms with Gasteiger partial charge in [-0.05, 0) is 46.1 Å². The number of carbonyl (C=O) groups excluding carboxylic acids is 2. The van der Waals surface area contributed by atoms with E-state index in [2.05, 4.69) is 34.4 Å². The molecule has 1 aliphatic heterocycles. The van der Waals surface area contributed by atoms with Gasteiger partial charge >= 0.3 is 6.09 Å². The van der Waals surface area contributed by atoms with E-state index >= 15 is 0 Å². The molecule has 0 bridgehead atoms. The second-order valence-electron chi connectivity index (χ2n) is 9.57. The zero-order valence-corrected chi connectivity index (χ0v) is 18.5. The molecule has 9 nitrogen and oxygen atoms in total. The molecule has 0 aromatic carbocycles. The molecule has 1 aromatic heterocycles. The number of nitrogens with one attached hydrogen (secondary N) is 2. The molecule has 0 unspecified atom stereocenters. The number of nitrogens with zero attached hydrogens (tertiary/aromatic N) is 3. The van der Waals surface area contributed by atoms with Crippen molar-refractivity contribution in [2.75, 3.05) is 25.9 Å². The normalized spacial score (nSPS) is 20.3. The van der Waals surface area contributed by atoms with Crippen molar-refractivity contribution in [3.05, 3.63) is 12.4 Å². The number of nitrogens with two attached hydrogens (primary N) is 1. The summed E-state index contributed by atoms with van der Waals surface area (Å²) in [5.41, 5.74) is 5.13. The third-order valence-electron chi connectivity index (χ3n) is 5.08. The van der Waals surface area contributed by atoms with Crippen molar-refractivity contribution in [2.45, 2.75) is 71.7 Å². The molecule has 29 heavy (non-hydrogen) atoms. The molecule has 9 heteroatoms. The van der Waals surface area contributed by atoms with Crippen LogP contribution in [0.15, 0.2) is 12.4 Å². The minimum Gasteiger partial charge on any atom is -0.444 e. The quantitative estimate of drug-likeness (QED) is 0.631. The molecule has 2 atom stereocenters. The number of amides is 2. The van der Waals surface area contributed by atoms with Gasteiger partial charge in [0.1, 0.15) is 11.6 Å². The van der Waals surface area contributed by atoms with Crippen LogP contribution in [-0.4, -0.2) is 64.3 Å². The summed E-state index contributed by atoms with van der Waals surface area (Å²) in [6, 6.07) is -0.663. The minimum absolute atomic E-state index is 0.0206. The highest BCUT2D eigenvalue weighted by Gasteiger charge is 2.39. The largest absolute Gasteiger partial charge is 0.444 e. The number of hydrogen-bond acceptors (Lipinski definition) is 6. The number of rotatable bonds is 7. The number of carbonyl (C=O) groups is 2. The summed E-state index contributed by atoms with van der Waals surface area (Å²) in [5.74, 6) is 0.240. The molecular weight excluding hydrogens is 372 g/mol. The maximum atomic E-state index is 13.0. The van der Waals surface area contributed by atoms with Crippen LogP contribution in [0, 0.1) is 5.41 Å². The number of anilines is 1. The van der Waals surface area contributed by atoms with Crippen LogP contribution in [0.4, 0.5) is 10.7 Å². The number of hydrogen-bond donors (Lipinski definition) is 3. The van der Waals surface area contributed by atoms with Crippen LogP contribution in [0.3, 0.4) is 0 Å². The number of likely N-dealkylation sites (tertiary alicyclic amines) is 1. The SMILES string of the molecule is CN1C[C@H](NC(=O)[C@H](CCCn2ccnc2N)NC(=O)OC(C)(C)C)C(C)(C)C1. The summed E-state index contributed by atoms with van der Waals surface area (Å²) < 4.78 is 7.16. The van der Waals surface area contributed by atoms with Crippen molar-refractivity contribution in [1.82, 2.24) is 25.1 Å². The highest BCUT2D eigenvalue weighted by Crippen LogP contribution is 2.28. The van der Waals surface area contributed by atoms with Gasteiger partial charge in [-0.3, -0.25) is 4.79 Å². The predicted molar refractivity (Wildman–Crippen MR) is 112 cm³/mol. The molecule has 0 radical (unpaired) electrons. The van der Waals surface area contributed by atoms with Gasteiger partial charge in [-0.1, -0.05) is 13.8 Å². The Kier molecular flexibility index (Phi) is 7.15. The first-order chi connectivity index (χ1) is 13.4. The monoisotopic (exact) mass is 408 g/mol. The lowest BCUT2D eigenvalue weighted by atomic mass is 9.87. The van der Waals surface area contributed by atoms with Gasteiger partial charge in [-0.15, -0.1) is 0 Å². The number of aromatic nitrogens is 2. The molecule has 0 saturated carbocycles. The van der Waals surface area contributed by atoms with Crippen LogP contribution < -0.4 is 16.4 Å². The first kappa shape index (κ1) is 23.0. The molecule has 1 fully saturated rings. The van der Waals surface area contributed by atoms with E-state index in [0.717, 1.165) is 13.1 Å². The zero-order chi connectivity index (χ0) is 21.8. The van der Waals surface area contributed by atoms with E-state index in [-0.39, 0.29) is 17.4 Å². The second kappa shape index (κ2) is 9.02. The van der Waals surface area contributed by atoms with Crippen molar-refractivity contribution in [1.29, 1.82) is 0 Å². The number of alkyl carbamates (subject to hydrolysis) is 1. The molecule has 2 heterocycles. The third kappa shape index (κ3) is 6.92. The van der Waals surface area contributed by atoms with Crippen molar-refractivity contribution in [3.8, 4) is 0 Å². The highest BCUT2D eigenvalue weighted by atomic mass is 16.6. The maximum Gasteiger partial charge on any atom is 0.408 e. The number of likely N-dealkylation sites (N-methyl/N-ethyl adjacent to an activating group) is 1. The van der Waals surface area contributed by atoms with E-state index in [1.165, 1.54) is 0 Å². The van der Waals surface area contributed by atoms with E-state index in [4.69, 9.17) is 10.5 Å². The van der Waals surface area contributed by atoms with Crippen molar-refractivity contribution < 1.29 is 14.3 Å². The predicted octanol–water partition coefficient (Wildman–Crippen LogP) is 1.60. The maximum absolute atomic E-state index is 13.0. The highest BCUT2D eigenvalue weighted by molar-refractivity contribution is 5.86. The van der Waals surface area contributed by atoms with Crippen molar-refractivity contribution in [2.24, 2.45) is 5.41 Å². The summed E-state index contributed by atoms with van der Waals surface area (Å²) in [4.78, 5) is 31.5. The Labute approximate surface area is 173 Å². The first-order valence-corrected chi connectivity index (χ1v) is 10.1. The van der Waals surface area contributed by atoms with Crippen LogP contribution in [0.25, 0.3) is 0 Å². The molecule has 0 aliphatic carbocycles. The molecular formula is C20H36N6O3. The Morgan fingerprint density at radius 1 is 1.41 bits per heavy atom. The molecule has 164 valence electrons. The van der Waals surface area contributed by atoms with Crippen LogP contribution in [0.5, 0.6) is 0 Å². The lowest BCUT2D eigenvalue weighted by Crippen LogP contribution is -2.53. The average Bonchev–Trinajstić information content (AvgIpc) is 3.06. The van der Waals surface area contributed by atoms with E-state index in [1.54, 1.807) is 33.2 Å². The van der Waals surface area contributed by atoms with Gasteiger partial charge in [0.05, 0.1) is 0 Å². The summed E-state index contributed by atoms with van der Waals surface area (Å²) in [6.45, 7) is 12.0. The molecule has 0 spiro atoms. The Morgan fingerprint density at radius 2 is 2.10 bits per heavy atom. The lowest BCUT2D eigenvalue weighted by Gasteiger charge is -2.29. The Morgan fingerprint density at radius 3 is 2.62 bits per heavy atom. The number of nitrogen functional groups attached to an aromatic ring is 1. The molecule has 4 N–H and O–H groups in total. The fourth-order valence-electron chi connectivity index (χ4n) is 3.66. The molecule has 2 rings (SSSR count). The van der Waals surface area contributed by atoms with E-state index < -0.39 is 17.7 Å². The lowest BCUT2D eigenvalue weighted by molar-refractivity contribution is -0.124. The van der Waals surface area contributed by atoms with E-state index in [0.29, 0.717) is 25.3 Å². The van der Waals surface area contributed by atoms with Crippen molar-refractivity contribution in [3.63, 3.8) is 0 Å². The number of imidazole rings is 1. The summed E-state index contributed by atoms with van der Waals surface area (Å²) in [7, 11) is 2.04. The van der Waals surface area contributed by atoms with E-state index in [9.17, 15) is 9.59 Å². The van der Waals surface area contributed by atoms with Gasteiger partial charge in [0.2, 0.25) is 5.91 Å². The molecule has 2 amide bonds. The van der Waals surface area contributed by atoms with Gasteiger partial charge in [-0.25, -0.2) is 9.78 Å². The van der Waals surface area contributed by atoms with E-state index in [1.807, 2.05) is 11.6 Å². The standard InChI is InChI=1S/C20H36N6O3/c1-19(2,3)29-18(28)23-14(8-7-10-26-11-9-22-17(26)21)16(27)24-15-12-25(6)13-20(15,4)5/h9,11,14-15H,7-8,10,12-13H2,1-6H3,(H2,21,22)(H,23,28)(H,24,27)/t14-,15-/m0/s1. The molecule has 1 aliphatic rings. The summed E-state index contributed by atoms with van der Waals surface area (Å²) >= 11 is 0. The Balaban J connectivity index is 2.01. The Hall–Kier alpha value is -2.29. The van der Waals surface area contributed by atoms with Gasteiger partial charge in [0.15, 0.2) is 5.95 Å². The van der Waals surface area contributed by atoms with Crippen LogP contribution in [0.1, 0.15) is 47.5 Å². The topological polar surface area (TPSA) is 115 Å². The second-order valence-corrected chi connectivity index (χ2v) is 9.57. The fraction of sp³-hybridized carbons (Fsp3) is 0.750. The van der Waals surface area contributed by atoms with Crippen LogP contribution >= 0.6 is 0 Å².